The standard InChI is InChI=1S/C25H35FN2O6S.C23H31FN2O5S/c1-16(2)14-34-15-19-10-22(27-35(32,33)25(7-8-25)12-20(30)13-29)23(28(4)24(19)31)11-18-6-5-17(3)9-21(18)26;1-4-31-15-18-13-20(25-32(29,30)23(10-11-27)8-5-9-23)21(26(3)22(18)28)14-17-7-6-16(2)12-19(17)24/h5-6,9-10,16,20,27,29-30H,7-8,11-15H2,1-4H3;6-7,12-13,25,27H,4-5,8-11,14-15H2,1-3H3. The third-order valence-corrected chi connectivity index (χ3v) is 17.1. The molecule has 0 radical (unpaired) electrons. The Morgan fingerprint density at radius 3 is 1.55 bits per heavy atom. The van der Waals surface area contributed by atoms with Crippen LogP contribution in [0.4, 0.5) is 20.2 Å². The van der Waals surface area contributed by atoms with Crippen LogP contribution >= 0.6 is 0 Å². The van der Waals surface area contributed by atoms with Gasteiger partial charge in [0.1, 0.15) is 11.6 Å². The van der Waals surface area contributed by atoms with Crippen molar-refractivity contribution in [2.45, 2.75) is 121 Å². The molecule has 4 aromatic rings. The van der Waals surface area contributed by atoms with Crippen molar-refractivity contribution in [3.05, 3.63) is 126 Å². The number of halogens is 2. The van der Waals surface area contributed by atoms with E-state index in [0.29, 0.717) is 67.0 Å². The first-order valence-electron chi connectivity index (χ1n) is 22.6. The molecule has 2 heterocycles. The molecule has 2 aromatic carbocycles. The lowest BCUT2D eigenvalue weighted by Crippen LogP contribution is -2.49. The summed E-state index contributed by atoms with van der Waals surface area (Å²) in [5.41, 5.74) is 3.18. The van der Waals surface area contributed by atoms with E-state index in [4.69, 9.17) is 9.47 Å². The topological polar surface area (TPSA) is 215 Å². The molecule has 2 aromatic heterocycles. The molecule has 1 unspecified atom stereocenters. The SMILES string of the molecule is CCOCc1cc(NS(=O)(=O)C2(CCO)CCC2)c(Cc2ccc(C)cc2F)n(C)c1=O.Cc1ccc(Cc2c(NS(=O)(=O)C3(CC(O)CO)CC3)cc(COCC(C)C)c(=O)n2C)c(F)c1. The highest BCUT2D eigenvalue weighted by atomic mass is 32.2. The molecule has 0 aliphatic heterocycles. The number of benzene rings is 2. The van der Waals surface area contributed by atoms with E-state index >= 15 is 0 Å². The van der Waals surface area contributed by atoms with Crippen molar-refractivity contribution in [1.82, 2.24) is 9.13 Å². The quantitative estimate of drug-likeness (QED) is 0.0652. The van der Waals surface area contributed by atoms with Crippen LogP contribution in [-0.4, -0.2) is 83.3 Å². The molecule has 370 valence electrons. The van der Waals surface area contributed by atoms with Gasteiger partial charge in [-0.25, -0.2) is 25.6 Å². The van der Waals surface area contributed by atoms with Gasteiger partial charge in [-0.3, -0.25) is 19.0 Å². The zero-order chi connectivity index (χ0) is 49.5. The average molecular weight is 977 g/mol. The summed E-state index contributed by atoms with van der Waals surface area (Å²) in [7, 11) is -4.78. The fourth-order valence-electron chi connectivity index (χ4n) is 8.21. The molecule has 67 heavy (non-hydrogen) atoms. The van der Waals surface area contributed by atoms with E-state index in [2.05, 4.69) is 9.44 Å². The van der Waals surface area contributed by atoms with Crippen molar-refractivity contribution in [1.29, 1.82) is 0 Å². The van der Waals surface area contributed by atoms with Crippen molar-refractivity contribution in [3.8, 4) is 0 Å². The third-order valence-electron chi connectivity index (χ3n) is 12.6. The maximum absolute atomic E-state index is 14.6. The van der Waals surface area contributed by atoms with Crippen LogP contribution in [-0.2, 0) is 69.7 Å². The molecule has 2 aliphatic rings. The molecule has 15 nitrogen and oxygen atoms in total. The fourth-order valence-corrected chi connectivity index (χ4v) is 11.8. The number of ether oxygens (including phenoxy) is 2. The highest BCUT2D eigenvalue weighted by molar-refractivity contribution is 7.94. The first-order chi connectivity index (χ1) is 31.5. The van der Waals surface area contributed by atoms with Crippen LogP contribution in [0.25, 0.3) is 0 Å². The van der Waals surface area contributed by atoms with Gasteiger partial charge in [-0.1, -0.05) is 44.5 Å². The summed E-state index contributed by atoms with van der Waals surface area (Å²) in [5.74, 6) is -0.603. The average Bonchev–Trinajstić information content (AvgIpc) is 4.04. The maximum Gasteiger partial charge on any atom is 0.256 e. The number of hydrogen-bond donors (Lipinski definition) is 5. The fraction of sp³-hybridized carbons (Fsp3) is 0.542. The Morgan fingerprint density at radius 1 is 0.716 bits per heavy atom. The van der Waals surface area contributed by atoms with Crippen LogP contribution < -0.4 is 20.6 Å². The molecule has 6 rings (SSSR count). The molecule has 2 fully saturated rings. The normalized spacial score (nSPS) is 15.7. The van der Waals surface area contributed by atoms with Crippen LogP contribution in [0.15, 0.2) is 58.1 Å². The molecule has 0 saturated heterocycles. The molecular weight excluding hydrogens is 911 g/mol. The van der Waals surface area contributed by atoms with E-state index in [1.807, 2.05) is 13.8 Å². The van der Waals surface area contributed by atoms with Gasteiger partial charge in [-0.2, -0.15) is 0 Å². The Morgan fingerprint density at radius 2 is 1.18 bits per heavy atom. The van der Waals surface area contributed by atoms with Crippen molar-refractivity contribution in [2.75, 3.05) is 35.9 Å². The minimum atomic E-state index is -3.99. The lowest BCUT2D eigenvalue weighted by Gasteiger charge is -2.40. The number of pyridine rings is 2. The van der Waals surface area contributed by atoms with E-state index in [0.717, 1.165) is 17.5 Å². The van der Waals surface area contributed by atoms with Crippen molar-refractivity contribution in [3.63, 3.8) is 0 Å². The molecule has 0 spiro atoms. The Kier molecular flexibility index (Phi) is 17.8. The van der Waals surface area contributed by atoms with Crippen LogP contribution in [0, 0.1) is 31.4 Å². The first-order valence-corrected chi connectivity index (χ1v) is 25.5. The van der Waals surface area contributed by atoms with Crippen molar-refractivity contribution in [2.24, 2.45) is 20.0 Å². The van der Waals surface area contributed by atoms with E-state index in [-0.39, 0.29) is 79.5 Å². The van der Waals surface area contributed by atoms with E-state index in [9.17, 15) is 50.5 Å². The number of hydrogen-bond acceptors (Lipinski definition) is 11. The number of aryl methyl sites for hydroxylation is 2. The minimum absolute atomic E-state index is 0.00486. The number of anilines is 2. The molecule has 1 atom stereocenters. The Bertz CT molecular complexity index is 2730. The predicted molar refractivity (Wildman–Crippen MR) is 254 cm³/mol. The highest BCUT2D eigenvalue weighted by Crippen LogP contribution is 2.48. The summed E-state index contributed by atoms with van der Waals surface area (Å²) in [5, 5.41) is 28.5. The monoisotopic (exact) mass is 976 g/mol. The Balaban J connectivity index is 0.000000252. The molecule has 5 N–H and O–H groups in total. The van der Waals surface area contributed by atoms with Gasteiger partial charge in [0.2, 0.25) is 20.0 Å². The predicted octanol–water partition coefficient (Wildman–Crippen LogP) is 5.62. The first kappa shape index (κ1) is 53.5. The van der Waals surface area contributed by atoms with E-state index < -0.39 is 53.9 Å². The number of aliphatic hydroxyl groups is 3. The van der Waals surface area contributed by atoms with Crippen LogP contribution in [0.1, 0.15) is 110 Å². The molecule has 19 heteroatoms. The second-order valence-electron chi connectivity index (χ2n) is 18.3. The Labute approximate surface area is 392 Å². The number of sulfonamides is 2. The van der Waals surface area contributed by atoms with Gasteiger partial charge in [0.05, 0.1) is 46.8 Å². The molecular formula is C48H66F2N4O11S2. The number of rotatable bonds is 22. The van der Waals surface area contributed by atoms with Crippen LogP contribution in [0.2, 0.25) is 0 Å². The lowest BCUT2D eigenvalue weighted by molar-refractivity contribution is 0.0858. The van der Waals surface area contributed by atoms with Gasteiger partial charge in [-0.15, -0.1) is 0 Å². The van der Waals surface area contributed by atoms with Gasteiger partial charge in [0, 0.05) is 69.3 Å². The maximum atomic E-state index is 14.6. The number of aliphatic hydroxyl groups excluding tert-OH is 3. The minimum Gasteiger partial charge on any atom is -0.396 e. The molecule has 2 saturated carbocycles. The smallest absolute Gasteiger partial charge is 0.256 e. The van der Waals surface area contributed by atoms with Crippen LogP contribution in [0.5, 0.6) is 0 Å². The highest BCUT2D eigenvalue weighted by Gasteiger charge is 2.55. The summed E-state index contributed by atoms with van der Waals surface area (Å²) < 4.78 is 99.3. The Hall–Kier alpha value is -4.50. The number of nitrogens with one attached hydrogen (secondary N) is 2. The van der Waals surface area contributed by atoms with Crippen molar-refractivity contribution >= 4 is 31.4 Å². The van der Waals surface area contributed by atoms with Gasteiger partial charge in [-0.05, 0) is 112 Å². The van der Waals surface area contributed by atoms with E-state index in [1.165, 1.54) is 40.4 Å². The number of aromatic nitrogens is 2. The van der Waals surface area contributed by atoms with Gasteiger partial charge in [0.25, 0.3) is 11.1 Å². The molecule has 0 bridgehead atoms. The summed E-state index contributed by atoms with van der Waals surface area (Å²) >= 11 is 0. The summed E-state index contributed by atoms with van der Waals surface area (Å²) in [6.07, 6.45) is 1.30. The third kappa shape index (κ3) is 12.6. The van der Waals surface area contributed by atoms with Gasteiger partial charge in [0.15, 0.2) is 0 Å². The van der Waals surface area contributed by atoms with Gasteiger partial charge < -0.3 is 33.9 Å². The number of nitrogens with zero attached hydrogens (tertiary/aromatic N) is 2. The molecule has 0 amide bonds. The largest absolute Gasteiger partial charge is 0.396 e. The second-order valence-corrected chi connectivity index (χ2v) is 22.5. The van der Waals surface area contributed by atoms with Crippen LogP contribution in [0.3, 0.4) is 0 Å². The zero-order valence-electron chi connectivity index (χ0n) is 39.5. The summed E-state index contributed by atoms with van der Waals surface area (Å²) in [6, 6.07) is 12.5. The van der Waals surface area contributed by atoms with E-state index in [1.54, 1.807) is 52.1 Å². The zero-order valence-corrected chi connectivity index (χ0v) is 41.1. The molecule has 2 aliphatic carbocycles. The van der Waals surface area contributed by atoms with Gasteiger partial charge >= 0.3 is 0 Å². The summed E-state index contributed by atoms with van der Waals surface area (Å²) in [4.78, 5) is 25.9. The second kappa shape index (κ2) is 22.3. The summed E-state index contributed by atoms with van der Waals surface area (Å²) in [6.45, 7) is 9.43. The lowest BCUT2D eigenvalue weighted by atomic mass is 9.82. The van der Waals surface area contributed by atoms with Crippen molar-refractivity contribution < 1.29 is 50.4 Å².